The highest BCUT2D eigenvalue weighted by molar-refractivity contribution is 5.77. The van der Waals surface area contributed by atoms with Crippen molar-refractivity contribution >= 4 is 5.91 Å². The number of piperidine rings is 1. The summed E-state index contributed by atoms with van der Waals surface area (Å²) in [5.41, 5.74) is 1.84. The average Bonchev–Trinajstić information content (AvgIpc) is 3.38. The molecule has 2 atom stereocenters. The number of halogens is 3. The van der Waals surface area contributed by atoms with Gasteiger partial charge in [-0.25, -0.2) is 0 Å². The van der Waals surface area contributed by atoms with E-state index in [0.29, 0.717) is 42.0 Å². The largest absolute Gasteiger partial charge is 0.496 e. The number of ether oxygens (including phenoxy) is 1. The van der Waals surface area contributed by atoms with Crippen molar-refractivity contribution in [2.45, 2.75) is 31.1 Å². The summed E-state index contributed by atoms with van der Waals surface area (Å²) in [6.45, 7) is 0.693. The zero-order valence-corrected chi connectivity index (χ0v) is 18.9. The number of hydrogen-bond donors (Lipinski definition) is 2. The lowest BCUT2D eigenvalue weighted by atomic mass is 9.85. The molecule has 0 aliphatic carbocycles. The fourth-order valence-corrected chi connectivity index (χ4v) is 4.37. The number of aromatic nitrogens is 4. The normalized spacial score (nSPS) is 18.5. The molecule has 186 valence electrons. The van der Waals surface area contributed by atoms with E-state index in [4.69, 9.17) is 4.74 Å². The molecule has 1 aliphatic heterocycles. The minimum atomic E-state index is -4.70. The molecule has 1 saturated heterocycles. The molecule has 1 amide bonds. The van der Waals surface area contributed by atoms with Gasteiger partial charge in [-0.15, -0.1) is 5.10 Å². The van der Waals surface area contributed by atoms with Crippen molar-refractivity contribution in [3.8, 4) is 11.4 Å². The molecular formula is C23H25F3N6O3. The quantitative estimate of drug-likeness (QED) is 0.523. The zero-order valence-electron chi connectivity index (χ0n) is 18.9. The Morgan fingerprint density at radius 1 is 1.23 bits per heavy atom. The van der Waals surface area contributed by atoms with E-state index >= 15 is 0 Å². The Bertz CT molecular complexity index is 1150. The number of hydrogen-bond acceptors (Lipinski definition) is 7. The summed E-state index contributed by atoms with van der Waals surface area (Å²) >= 11 is 0. The van der Waals surface area contributed by atoms with Crippen LogP contribution in [0.3, 0.4) is 0 Å². The SMILES string of the molecule is COc1ccc(-n2nnnc2C(F)(F)F)cc1CNC1CCN(C(=O)CO)CC1c1ccccc1. The van der Waals surface area contributed by atoms with Crippen molar-refractivity contribution in [3.63, 3.8) is 0 Å². The van der Waals surface area contributed by atoms with Crippen molar-refractivity contribution in [2.24, 2.45) is 0 Å². The lowest BCUT2D eigenvalue weighted by molar-refractivity contribution is -0.146. The molecule has 1 aliphatic rings. The van der Waals surface area contributed by atoms with Gasteiger partial charge in [0.25, 0.3) is 5.82 Å². The van der Waals surface area contributed by atoms with Gasteiger partial charge in [-0.3, -0.25) is 4.79 Å². The number of aliphatic hydroxyl groups excluding tert-OH is 1. The van der Waals surface area contributed by atoms with Crippen LogP contribution >= 0.6 is 0 Å². The molecule has 2 unspecified atom stereocenters. The van der Waals surface area contributed by atoms with Gasteiger partial charge in [-0.1, -0.05) is 30.3 Å². The van der Waals surface area contributed by atoms with Crippen molar-refractivity contribution in [2.75, 3.05) is 26.8 Å². The summed E-state index contributed by atoms with van der Waals surface area (Å²) in [6.07, 6.45) is -4.07. The smallest absolute Gasteiger partial charge is 0.453 e. The molecule has 0 saturated carbocycles. The predicted molar refractivity (Wildman–Crippen MR) is 119 cm³/mol. The maximum Gasteiger partial charge on any atom is 0.453 e. The lowest BCUT2D eigenvalue weighted by Crippen LogP contribution is -2.50. The van der Waals surface area contributed by atoms with Gasteiger partial charge in [0.2, 0.25) is 5.91 Å². The van der Waals surface area contributed by atoms with Crippen LogP contribution in [0.25, 0.3) is 5.69 Å². The third-order valence-electron chi connectivity index (χ3n) is 6.11. The second kappa shape index (κ2) is 10.4. The van der Waals surface area contributed by atoms with E-state index in [2.05, 4.69) is 20.8 Å². The van der Waals surface area contributed by atoms with E-state index < -0.39 is 18.6 Å². The Morgan fingerprint density at radius 2 is 2.00 bits per heavy atom. The average molecular weight is 490 g/mol. The van der Waals surface area contributed by atoms with Gasteiger partial charge in [0, 0.05) is 37.2 Å². The van der Waals surface area contributed by atoms with E-state index in [0.717, 1.165) is 5.56 Å². The number of likely N-dealkylation sites (tertiary alicyclic amines) is 1. The fraction of sp³-hybridized carbons (Fsp3) is 0.391. The van der Waals surface area contributed by atoms with Gasteiger partial charge in [0.1, 0.15) is 12.4 Å². The molecule has 2 N–H and O–H groups in total. The Hall–Kier alpha value is -3.51. The highest BCUT2D eigenvalue weighted by Gasteiger charge is 2.38. The molecule has 4 rings (SSSR count). The molecule has 1 aromatic heterocycles. The van der Waals surface area contributed by atoms with Crippen molar-refractivity contribution in [1.29, 1.82) is 0 Å². The van der Waals surface area contributed by atoms with E-state index in [9.17, 15) is 23.1 Å². The molecule has 2 aromatic carbocycles. The van der Waals surface area contributed by atoms with Crippen LogP contribution < -0.4 is 10.1 Å². The van der Waals surface area contributed by atoms with Gasteiger partial charge >= 0.3 is 6.18 Å². The van der Waals surface area contributed by atoms with Crippen LogP contribution in [0.2, 0.25) is 0 Å². The number of alkyl halides is 3. The third kappa shape index (κ3) is 5.43. The third-order valence-corrected chi connectivity index (χ3v) is 6.11. The van der Waals surface area contributed by atoms with Crippen LogP contribution in [-0.4, -0.2) is 69.0 Å². The number of benzene rings is 2. The summed E-state index contributed by atoms with van der Waals surface area (Å²) in [5.74, 6) is -1.06. The first-order valence-corrected chi connectivity index (χ1v) is 11.0. The molecular weight excluding hydrogens is 465 g/mol. The van der Waals surface area contributed by atoms with Crippen LogP contribution in [0.5, 0.6) is 5.75 Å². The number of nitrogens with one attached hydrogen (secondary N) is 1. The van der Waals surface area contributed by atoms with Gasteiger partial charge < -0.3 is 20.1 Å². The number of methoxy groups -OCH3 is 1. The highest BCUT2D eigenvalue weighted by atomic mass is 19.4. The Kier molecular flexibility index (Phi) is 7.31. The number of nitrogens with zero attached hydrogens (tertiary/aromatic N) is 5. The molecule has 3 aromatic rings. The van der Waals surface area contributed by atoms with E-state index in [1.54, 1.807) is 17.0 Å². The summed E-state index contributed by atoms with van der Waals surface area (Å²) in [6, 6.07) is 14.3. The van der Waals surface area contributed by atoms with E-state index in [-0.39, 0.29) is 23.6 Å². The van der Waals surface area contributed by atoms with Crippen LogP contribution in [0, 0.1) is 0 Å². The summed E-state index contributed by atoms with van der Waals surface area (Å²) < 4.78 is 45.9. The minimum absolute atomic E-state index is 0.0210. The standard InChI is InChI=1S/C23H25F3N6O3/c1-35-20-8-7-17(32-22(23(24,25)26)28-29-30-32)11-16(20)12-27-19-9-10-31(21(34)14-33)13-18(19)15-5-3-2-4-6-15/h2-8,11,18-19,27,33H,9-10,12-14H2,1H3. The predicted octanol–water partition coefficient (Wildman–Crippen LogP) is 2.16. The molecule has 0 spiro atoms. The van der Waals surface area contributed by atoms with Crippen LogP contribution in [0.1, 0.15) is 29.3 Å². The Morgan fingerprint density at radius 3 is 2.69 bits per heavy atom. The molecule has 9 nitrogen and oxygen atoms in total. The molecule has 0 radical (unpaired) electrons. The number of carbonyl (C=O) groups is 1. The molecule has 1 fully saturated rings. The van der Waals surface area contributed by atoms with Crippen molar-refractivity contribution < 1.29 is 27.8 Å². The van der Waals surface area contributed by atoms with Crippen LogP contribution in [0.15, 0.2) is 48.5 Å². The van der Waals surface area contributed by atoms with Gasteiger partial charge in [0.15, 0.2) is 0 Å². The first-order chi connectivity index (χ1) is 16.8. The monoisotopic (exact) mass is 490 g/mol. The van der Waals surface area contributed by atoms with Gasteiger partial charge in [-0.2, -0.15) is 17.9 Å². The second-order valence-corrected chi connectivity index (χ2v) is 8.20. The summed E-state index contributed by atoms with van der Waals surface area (Å²) in [7, 11) is 1.49. The second-order valence-electron chi connectivity index (χ2n) is 8.20. The summed E-state index contributed by atoms with van der Waals surface area (Å²) in [5, 5.41) is 22.6. The zero-order chi connectivity index (χ0) is 25.0. The number of amides is 1. The Labute approximate surface area is 199 Å². The summed E-state index contributed by atoms with van der Waals surface area (Å²) in [4.78, 5) is 13.7. The van der Waals surface area contributed by atoms with E-state index in [1.807, 2.05) is 30.3 Å². The number of aliphatic hydroxyl groups is 1. The molecule has 0 bridgehead atoms. The number of rotatable bonds is 7. The first-order valence-electron chi connectivity index (χ1n) is 11.0. The number of carbonyl (C=O) groups excluding carboxylic acids is 1. The van der Waals surface area contributed by atoms with Crippen LogP contribution in [-0.2, 0) is 17.5 Å². The van der Waals surface area contributed by atoms with Crippen LogP contribution in [0.4, 0.5) is 13.2 Å². The Balaban J connectivity index is 1.57. The topological polar surface area (TPSA) is 105 Å². The van der Waals surface area contributed by atoms with E-state index in [1.165, 1.54) is 13.2 Å². The minimum Gasteiger partial charge on any atom is -0.496 e. The maximum atomic E-state index is 13.3. The maximum absolute atomic E-state index is 13.3. The molecule has 35 heavy (non-hydrogen) atoms. The molecule has 12 heteroatoms. The first kappa shape index (κ1) is 24.6. The van der Waals surface area contributed by atoms with Crippen molar-refractivity contribution in [3.05, 3.63) is 65.5 Å². The molecule has 2 heterocycles. The van der Waals surface area contributed by atoms with Crippen molar-refractivity contribution in [1.82, 2.24) is 30.4 Å². The fourth-order valence-electron chi connectivity index (χ4n) is 4.37. The lowest BCUT2D eigenvalue weighted by Gasteiger charge is -2.39. The highest BCUT2D eigenvalue weighted by Crippen LogP contribution is 2.31. The van der Waals surface area contributed by atoms with Gasteiger partial charge in [0.05, 0.1) is 12.8 Å². The number of tetrazole rings is 1. The van der Waals surface area contributed by atoms with Gasteiger partial charge in [-0.05, 0) is 40.6 Å².